The third-order valence-corrected chi connectivity index (χ3v) is 5.69. The molecule has 1 aromatic carbocycles. The van der Waals surface area contributed by atoms with Gasteiger partial charge < -0.3 is 4.90 Å². The van der Waals surface area contributed by atoms with Gasteiger partial charge in [0.2, 0.25) is 5.91 Å². The van der Waals surface area contributed by atoms with Gasteiger partial charge in [-0.05, 0) is 43.6 Å². The summed E-state index contributed by atoms with van der Waals surface area (Å²) in [5, 5.41) is 8.84. The summed E-state index contributed by atoms with van der Waals surface area (Å²) in [6.07, 6.45) is 1.94. The highest BCUT2D eigenvalue weighted by atomic mass is 32.2. The van der Waals surface area contributed by atoms with Crippen LogP contribution in [-0.2, 0) is 11.3 Å². The van der Waals surface area contributed by atoms with E-state index in [1.165, 1.54) is 5.56 Å². The summed E-state index contributed by atoms with van der Waals surface area (Å²) in [5.74, 6) is 2.77. The van der Waals surface area contributed by atoms with Gasteiger partial charge in [-0.3, -0.25) is 9.69 Å². The van der Waals surface area contributed by atoms with Crippen molar-refractivity contribution in [3.8, 4) is 6.07 Å². The van der Waals surface area contributed by atoms with E-state index in [0.717, 1.165) is 57.1 Å². The van der Waals surface area contributed by atoms with Gasteiger partial charge in [0, 0.05) is 37.1 Å². The average Bonchev–Trinajstić information content (AvgIpc) is 2.63. The summed E-state index contributed by atoms with van der Waals surface area (Å²) in [4.78, 5) is 17.0. The molecule has 0 bridgehead atoms. The lowest BCUT2D eigenvalue weighted by molar-refractivity contribution is -0.136. The van der Waals surface area contributed by atoms with Crippen LogP contribution in [0.25, 0.3) is 0 Å². The number of nitriles is 1. The lowest BCUT2D eigenvalue weighted by atomic mass is 9.95. The molecule has 1 amide bonds. The summed E-state index contributed by atoms with van der Waals surface area (Å²) in [5.41, 5.74) is 1.94. The molecule has 0 radical (unpaired) electrons. The molecular weight excluding hydrogens is 306 g/mol. The van der Waals surface area contributed by atoms with Crippen LogP contribution in [0, 0.1) is 17.2 Å². The third-order valence-electron chi connectivity index (χ3n) is 4.75. The predicted molar refractivity (Wildman–Crippen MR) is 93.1 cm³/mol. The van der Waals surface area contributed by atoms with Crippen LogP contribution >= 0.6 is 11.8 Å². The molecule has 23 heavy (non-hydrogen) atoms. The zero-order valence-corrected chi connectivity index (χ0v) is 14.2. The van der Waals surface area contributed by atoms with Gasteiger partial charge in [-0.25, -0.2) is 0 Å². The summed E-state index contributed by atoms with van der Waals surface area (Å²) < 4.78 is 0. The van der Waals surface area contributed by atoms with E-state index < -0.39 is 0 Å². The number of thioether (sulfide) groups is 1. The van der Waals surface area contributed by atoms with Crippen molar-refractivity contribution in [2.45, 2.75) is 19.4 Å². The highest BCUT2D eigenvalue weighted by Crippen LogP contribution is 2.22. The number of hydrogen-bond acceptors (Lipinski definition) is 4. The first-order valence-corrected chi connectivity index (χ1v) is 9.49. The fourth-order valence-corrected chi connectivity index (χ4v) is 4.23. The number of likely N-dealkylation sites (tertiary alicyclic amines) is 1. The van der Waals surface area contributed by atoms with Crippen LogP contribution in [0.3, 0.4) is 0 Å². The minimum atomic E-state index is 0.218. The highest BCUT2D eigenvalue weighted by Gasteiger charge is 2.29. The first-order chi connectivity index (χ1) is 11.3. The minimum Gasteiger partial charge on any atom is -0.341 e. The number of rotatable bonds is 3. The standard InChI is InChI=1S/C18H23N3OS/c19-13-15-1-3-16(4-2-15)14-20-7-5-17(6-8-20)18(22)21-9-11-23-12-10-21/h1-4,17H,5-12,14H2. The van der Waals surface area contributed by atoms with E-state index in [2.05, 4.69) is 15.9 Å². The SMILES string of the molecule is N#Cc1ccc(CN2CCC(C(=O)N3CCSCC3)CC2)cc1. The Morgan fingerprint density at radius 3 is 2.39 bits per heavy atom. The lowest BCUT2D eigenvalue weighted by Gasteiger charge is -2.35. The van der Waals surface area contributed by atoms with Gasteiger partial charge in [-0.1, -0.05) is 12.1 Å². The van der Waals surface area contributed by atoms with E-state index in [0.29, 0.717) is 11.5 Å². The van der Waals surface area contributed by atoms with E-state index in [4.69, 9.17) is 5.26 Å². The number of piperidine rings is 1. The van der Waals surface area contributed by atoms with Crippen molar-refractivity contribution in [2.24, 2.45) is 5.92 Å². The Balaban J connectivity index is 1.47. The van der Waals surface area contributed by atoms with Crippen LogP contribution in [-0.4, -0.2) is 53.4 Å². The summed E-state index contributed by atoms with van der Waals surface area (Å²) in [6.45, 7) is 4.73. The zero-order chi connectivity index (χ0) is 16.1. The second-order valence-corrected chi connectivity index (χ2v) is 7.52. The smallest absolute Gasteiger partial charge is 0.225 e. The molecule has 5 heteroatoms. The second-order valence-electron chi connectivity index (χ2n) is 6.30. The van der Waals surface area contributed by atoms with Crippen molar-refractivity contribution >= 4 is 17.7 Å². The van der Waals surface area contributed by atoms with Gasteiger partial charge in [0.05, 0.1) is 11.6 Å². The summed E-state index contributed by atoms with van der Waals surface area (Å²) in [7, 11) is 0. The van der Waals surface area contributed by atoms with Gasteiger partial charge in [0.15, 0.2) is 0 Å². The number of nitrogens with zero attached hydrogens (tertiary/aromatic N) is 3. The van der Waals surface area contributed by atoms with Crippen LogP contribution < -0.4 is 0 Å². The van der Waals surface area contributed by atoms with Crippen molar-refractivity contribution in [3.05, 3.63) is 35.4 Å². The van der Waals surface area contributed by atoms with Gasteiger partial charge in [0.25, 0.3) is 0 Å². The first-order valence-electron chi connectivity index (χ1n) is 8.34. The second kappa shape index (κ2) is 7.85. The summed E-state index contributed by atoms with van der Waals surface area (Å²) >= 11 is 1.94. The molecule has 0 aliphatic carbocycles. The normalized spacial score (nSPS) is 20.2. The topological polar surface area (TPSA) is 47.3 Å². The van der Waals surface area contributed by atoms with Gasteiger partial charge >= 0.3 is 0 Å². The predicted octanol–water partition coefficient (Wildman–Crippen LogP) is 2.35. The fraction of sp³-hybridized carbons (Fsp3) is 0.556. The first kappa shape index (κ1) is 16.4. The molecule has 3 rings (SSSR count). The Labute approximate surface area is 142 Å². The third kappa shape index (κ3) is 4.27. The van der Waals surface area contributed by atoms with Crippen molar-refractivity contribution in [1.29, 1.82) is 5.26 Å². The van der Waals surface area contributed by atoms with Gasteiger partial charge in [0.1, 0.15) is 0 Å². The largest absolute Gasteiger partial charge is 0.341 e. The molecule has 1 aromatic rings. The van der Waals surface area contributed by atoms with Crippen molar-refractivity contribution in [3.63, 3.8) is 0 Å². The molecule has 4 nitrogen and oxygen atoms in total. The Morgan fingerprint density at radius 1 is 1.13 bits per heavy atom. The van der Waals surface area contributed by atoms with E-state index in [1.54, 1.807) is 0 Å². The Bertz CT molecular complexity index is 567. The molecule has 0 atom stereocenters. The van der Waals surface area contributed by atoms with Crippen LogP contribution in [0.4, 0.5) is 0 Å². The maximum Gasteiger partial charge on any atom is 0.225 e. The van der Waals surface area contributed by atoms with Crippen molar-refractivity contribution in [2.75, 3.05) is 37.7 Å². The molecule has 2 aliphatic heterocycles. The van der Waals surface area contributed by atoms with Crippen molar-refractivity contribution in [1.82, 2.24) is 9.80 Å². The molecule has 2 saturated heterocycles. The van der Waals surface area contributed by atoms with Crippen LogP contribution in [0.2, 0.25) is 0 Å². The van der Waals surface area contributed by atoms with E-state index >= 15 is 0 Å². The van der Waals surface area contributed by atoms with Crippen LogP contribution in [0.1, 0.15) is 24.0 Å². The Hall–Kier alpha value is -1.51. The van der Waals surface area contributed by atoms with Crippen LogP contribution in [0.5, 0.6) is 0 Å². The number of amides is 1. The molecule has 0 aromatic heterocycles. The highest BCUT2D eigenvalue weighted by molar-refractivity contribution is 7.99. The van der Waals surface area contributed by atoms with E-state index in [-0.39, 0.29) is 5.92 Å². The number of carbonyl (C=O) groups is 1. The molecular formula is C18H23N3OS. The Morgan fingerprint density at radius 2 is 1.78 bits per heavy atom. The monoisotopic (exact) mass is 329 g/mol. The zero-order valence-electron chi connectivity index (χ0n) is 13.4. The minimum absolute atomic E-state index is 0.218. The molecule has 0 unspecified atom stereocenters. The van der Waals surface area contributed by atoms with Crippen LogP contribution in [0.15, 0.2) is 24.3 Å². The number of carbonyl (C=O) groups excluding carboxylic acids is 1. The molecule has 2 aliphatic rings. The molecule has 0 N–H and O–H groups in total. The average molecular weight is 329 g/mol. The molecule has 2 heterocycles. The molecule has 0 spiro atoms. The van der Waals surface area contributed by atoms with E-state index in [1.807, 2.05) is 36.0 Å². The fourth-order valence-electron chi connectivity index (χ4n) is 3.32. The number of benzene rings is 1. The van der Waals surface area contributed by atoms with E-state index in [9.17, 15) is 4.79 Å². The maximum absolute atomic E-state index is 12.6. The maximum atomic E-state index is 12.6. The summed E-state index contributed by atoms with van der Waals surface area (Å²) in [6, 6.07) is 9.96. The lowest BCUT2D eigenvalue weighted by Crippen LogP contribution is -2.45. The van der Waals surface area contributed by atoms with Crippen molar-refractivity contribution < 1.29 is 4.79 Å². The Kier molecular flexibility index (Phi) is 5.58. The van der Waals surface area contributed by atoms with Gasteiger partial charge in [-0.2, -0.15) is 17.0 Å². The number of hydrogen-bond donors (Lipinski definition) is 0. The molecule has 122 valence electrons. The van der Waals surface area contributed by atoms with Gasteiger partial charge in [-0.15, -0.1) is 0 Å². The molecule has 2 fully saturated rings. The quantitative estimate of drug-likeness (QED) is 0.854. The molecule has 0 saturated carbocycles.